The minimum absolute atomic E-state index is 0.0331. The van der Waals surface area contributed by atoms with Gasteiger partial charge in [-0.15, -0.1) is 0 Å². The Labute approximate surface area is 131 Å². The summed E-state index contributed by atoms with van der Waals surface area (Å²) in [6.45, 7) is 5.82. The second kappa shape index (κ2) is 6.54. The summed E-state index contributed by atoms with van der Waals surface area (Å²) in [6.07, 6.45) is 0.525. The number of benzene rings is 1. The fourth-order valence-corrected chi connectivity index (χ4v) is 3.09. The SMILES string of the molecule is COc1ccc(N2CCN(C3NC(=O)CC(C)N3)CC2)cc1. The summed E-state index contributed by atoms with van der Waals surface area (Å²) in [5.41, 5.74) is 1.22. The van der Waals surface area contributed by atoms with Crippen LogP contribution in [0, 0.1) is 0 Å². The van der Waals surface area contributed by atoms with E-state index >= 15 is 0 Å². The standard InChI is InChI=1S/C16H24N4O2/c1-12-11-15(21)18-16(17-12)20-9-7-19(8-10-20)13-3-5-14(22-2)6-4-13/h3-6,12,16-17H,7-11H2,1-2H3,(H,18,21). The minimum atomic E-state index is -0.0331. The predicted molar refractivity (Wildman–Crippen MR) is 85.9 cm³/mol. The molecule has 2 atom stereocenters. The Bertz CT molecular complexity index is 511. The molecule has 2 aliphatic rings. The summed E-state index contributed by atoms with van der Waals surface area (Å²) in [5.74, 6) is 1.01. The molecule has 120 valence electrons. The third kappa shape index (κ3) is 3.34. The van der Waals surface area contributed by atoms with Crippen LogP contribution in [0.1, 0.15) is 13.3 Å². The molecule has 2 saturated heterocycles. The van der Waals surface area contributed by atoms with Crippen molar-refractivity contribution in [1.82, 2.24) is 15.5 Å². The predicted octanol–water partition coefficient (Wildman–Crippen LogP) is 0.599. The lowest BCUT2D eigenvalue weighted by Crippen LogP contribution is -2.66. The van der Waals surface area contributed by atoms with E-state index in [9.17, 15) is 4.79 Å². The molecule has 3 rings (SSSR count). The monoisotopic (exact) mass is 304 g/mol. The molecular weight excluding hydrogens is 280 g/mol. The van der Waals surface area contributed by atoms with E-state index in [2.05, 4.69) is 39.5 Å². The summed E-state index contributed by atoms with van der Waals surface area (Å²) in [6, 6.07) is 8.41. The van der Waals surface area contributed by atoms with E-state index in [-0.39, 0.29) is 18.2 Å². The van der Waals surface area contributed by atoms with Crippen molar-refractivity contribution in [2.75, 3.05) is 38.2 Å². The summed E-state index contributed by atoms with van der Waals surface area (Å²) in [4.78, 5) is 16.3. The van der Waals surface area contributed by atoms with E-state index in [4.69, 9.17) is 4.74 Å². The third-order valence-electron chi connectivity index (χ3n) is 4.35. The highest BCUT2D eigenvalue weighted by atomic mass is 16.5. The number of nitrogens with one attached hydrogen (secondary N) is 2. The van der Waals surface area contributed by atoms with Gasteiger partial charge < -0.3 is 15.0 Å². The summed E-state index contributed by atoms with van der Waals surface area (Å²) in [5, 5.41) is 6.47. The quantitative estimate of drug-likeness (QED) is 0.856. The van der Waals surface area contributed by atoms with E-state index in [1.165, 1.54) is 5.69 Å². The van der Waals surface area contributed by atoms with Crippen molar-refractivity contribution < 1.29 is 9.53 Å². The van der Waals surface area contributed by atoms with E-state index in [0.29, 0.717) is 6.42 Å². The number of ether oxygens (including phenoxy) is 1. The highest BCUT2D eigenvalue weighted by Crippen LogP contribution is 2.21. The van der Waals surface area contributed by atoms with Crippen LogP contribution in [0.2, 0.25) is 0 Å². The zero-order valence-corrected chi connectivity index (χ0v) is 13.2. The summed E-state index contributed by atoms with van der Waals surface area (Å²) >= 11 is 0. The van der Waals surface area contributed by atoms with Gasteiger partial charge >= 0.3 is 0 Å². The topological polar surface area (TPSA) is 56.8 Å². The minimum Gasteiger partial charge on any atom is -0.497 e. The van der Waals surface area contributed by atoms with Crippen molar-refractivity contribution in [2.45, 2.75) is 25.7 Å². The number of methoxy groups -OCH3 is 1. The number of carbonyl (C=O) groups excluding carboxylic acids is 1. The van der Waals surface area contributed by atoms with Gasteiger partial charge in [-0.1, -0.05) is 0 Å². The second-order valence-corrected chi connectivity index (χ2v) is 5.96. The van der Waals surface area contributed by atoms with Crippen LogP contribution in [-0.4, -0.2) is 56.4 Å². The molecule has 1 amide bonds. The van der Waals surface area contributed by atoms with Gasteiger partial charge in [0.05, 0.1) is 7.11 Å². The van der Waals surface area contributed by atoms with Crippen LogP contribution in [0.15, 0.2) is 24.3 Å². The van der Waals surface area contributed by atoms with Crippen LogP contribution in [-0.2, 0) is 4.79 Å². The van der Waals surface area contributed by atoms with Gasteiger partial charge in [0.15, 0.2) is 0 Å². The summed E-state index contributed by atoms with van der Waals surface area (Å²) in [7, 11) is 1.68. The van der Waals surface area contributed by atoms with Gasteiger partial charge in [-0.2, -0.15) is 0 Å². The second-order valence-electron chi connectivity index (χ2n) is 5.96. The first-order valence-corrected chi connectivity index (χ1v) is 7.84. The molecule has 2 heterocycles. The van der Waals surface area contributed by atoms with E-state index in [0.717, 1.165) is 31.9 Å². The van der Waals surface area contributed by atoms with E-state index < -0.39 is 0 Å². The number of amides is 1. The lowest BCUT2D eigenvalue weighted by atomic mass is 10.2. The Morgan fingerprint density at radius 3 is 2.41 bits per heavy atom. The smallest absolute Gasteiger partial charge is 0.223 e. The molecule has 2 fully saturated rings. The van der Waals surface area contributed by atoms with Gasteiger partial charge in [-0.3, -0.25) is 15.0 Å². The van der Waals surface area contributed by atoms with Gasteiger partial charge in [0.2, 0.25) is 5.91 Å². The average Bonchev–Trinajstić information content (AvgIpc) is 2.54. The lowest BCUT2D eigenvalue weighted by Gasteiger charge is -2.43. The normalized spacial score (nSPS) is 26.6. The molecule has 0 saturated carbocycles. The van der Waals surface area contributed by atoms with Crippen molar-refractivity contribution in [3.8, 4) is 5.75 Å². The Morgan fingerprint density at radius 2 is 1.82 bits per heavy atom. The Balaban J connectivity index is 1.56. The van der Waals surface area contributed by atoms with Crippen molar-refractivity contribution in [1.29, 1.82) is 0 Å². The number of nitrogens with zero attached hydrogens (tertiary/aromatic N) is 2. The van der Waals surface area contributed by atoms with Gasteiger partial charge in [0.1, 0.15) is 12.0 Å². The molecule has 2 aliphatic heterocycles. The maximum absolute atomic E-state index is 11.7. The number of carbonyl (C=O) groups is 1. The number of piperazine rings is 1. The molecule has 0 spiro atoms. The molecule has 2 unspecified atom stereocenters. The largest absolute Gasteiger partial charge is 0.497 e. The fraction of sp³-hybridized carbons (Fsp3) is 0.562. The molecule has 1 aromatic carbocycles. The molecular formula is C16H24N4O2. The average molecular weight is 304 g/mol. The van der Waals surface area contributed by atoms with E-state index in [1.54, 1.807) is 7.11 Å². The Morgan fingerprint density at radius 1 is 1.14 bits per heavy atom. The lowest BCUT2D eigenvalue weighted by molar-refractivity contribution is -0.126. The van der Waals surface area contributed by atoms with Crippen molar-refractivity contribution in [2.24, 2.45) is 0 Å². The van der Waals surface area contributed by atoms with Crippen molar-refractivity contribution in [3.05, 3.63) is 24.3 Å². The highest BCUT2D eigenvalue weighted by Gasteiger charge is 2.29. The van der Waals surface area contributed by atoms with Crippen molar-refractivity contribution >= 4 is 11.6 Å². The van der Waals surface area contributed by atoms with E-state index in [1.807, 2.05) is 12.1 Å². The van der Waals surface area contributed by atoms with Gasteiger partial charge in [-0.25, -0.2) is 0 Å². The molecule has 0 radical (unpaired) electrons. The molecule has 0 aliphatic carbocycles. The molecule has 6 heteroatoms. The first kappa shape index (κ1) is 15.1. The van der Waals surface area contributed by atoms with Crippen LogP contribution in [0.4, 0.5) is 5.69 Å². The molecule has 1 aromatic rings. The Kier molecular flexibility index (Phi) is 4.49. The van der Waals surface area contributed by atoms with Crippen LogP contribution < -0.4 is 20.3 Å². The molecule has 22 heavy (non-hydrogen) atoms. The number of hydrogen-bond acceptors (Lipinski definition) is 5. The maximum atomic E-state index is 11.7. The van der Waals surface area contributed by atoms with Gasteiger partial charge in [0.25, 0.3) is 0 Å². The van der Waals surface area contributed by atoms with Gasteiger partial charge in [-0.05, 0) is 31.2 Å². The number of hydrogen-bond donors (Lipinski definition) is 2. The molecule has 2 N–H and O–H groups in total. The number of rotatable bonds is 3. The number of anilines is 1. The fourth-order valence-electron chi connectivity index (χ4n) is 3.09. The Hall–Kier alpha value is -1.79. The first-order valence-electron chi connectivity index (χ1n) is 7.84. The van der Waals surface area contributed by atoms with Crippen molar-refractivity contribution in [3.63, 3.8) is 0 Å². The molecule has 6 nitrogen and oxygen atoms in total. The summed E-state index contributed by atoms with van der Waals surface area (Å²) < 4.78 is 5.20. The molecule has 0 aromatic heterocycles. The highest BCUT2D eigenvalue weighted by molar-refractivity contribution is 5.77. The third-order valence-corrected chi connectivity index (χ3v) is 4.35. The maximum Gasteiger partial charge on any atom is 0.223 e. The van der Waals surface area contributed by atoms with Crippen LogP contribution >= 0.6 is 0 Å². The van der Waals surface area contributed by atoms with Crippen LogP contribution in [0.25, 0.3) is 0 Å². The van der Waals surface area contributed by atoms with Crippen LogP contribution in [0.5, 0.6) is 5.75 Å². The van der Waals surface area contributed by atoms with Gasteiger partial charge in [0, 0.05) is 44.3 Å². The first-order chi connectivity index (χ1) is 10.7. The molecule has 0 bridgehead atoms. The zero-order valence-electron chi connectivity index (χ0n) is 13.2. The zero-order chi connectivity index (χ0) is 15.5. The van der Waals surface area contributed by atoms with Crippen LogP contribution in [0.3, 0.4) is 0 Å².